The molecule has 1 rings (SSSR count). The minimum Gasteiger partial charge on any atom is -0.313 e. The third-order valence-corrected chi connectivity index (χ3v) is 5.31. The van der Waals surface area contributed by atoms with E-state index in [0.29, 0.717) is 17.1 Å². The van der Waals surface area contributed by atoms with Crippen molar-refractivity contribution in [1.29, 1.82) is 0 Å². The lowest BCUT2D eigenvalue weighted by molar-refractivity contribution is 0.491. The van der Waals surface area contributed by atoms with Gasteiger partial charge in [-0.2, -0.15) is 0 Å². The number of hydrogen-bond donors (Lipinski definition) is 2. The van der Waals surface area contributed by atoms with Gasteiger partial charge in [0.05, 0.1) is 5.02 Å². The molecule has 2 N–H and O–H groups in total. The van der Waals surface area contributed by atoms with Gasteiger partial charge in [-0.05, 0) is 45.9 Å². The standard InChI is InChI=1S/C14H22Cl2N2O2S/c1-5-8-17-9-10-11(15)6-7-12(13(10)16)21(19,20)18-14(2,3)4/h6-7,17-18H,5,8-9H2,1-4H3. The fourth-order valence-electron chi connectivity index (χ4n) is 1.79. The zero-order chi connectivity index (χ0) is 16.3. The smallest absolute Gasteiger partial charge is 0.242 e. The van der Waals surface area contributed by atoms with Gasteiger partial charge in [0.1, 0.15) is 4.90 Å². The molecule has 0 aliphatic rings. The highest BCUT2D eigenvalue weighted by molar-refractivity contribution is 7.89. The van der Waals surface area contributed by atoms with Crippen LogP contribution >= 0.6 is 23.2 Å². The maximum atomic E-state index is 12.4. The molecule has 21 heavy (non-hydrogen) atoms. The van der Waals surface area contributed by atoms with Gasteiger partial charge in [0.2, 0.25) is 10.0 Å². The zero-order valence-corrected chi connectivity index (χ0v) is 15.1. The first-order chi connectivity index (χ1) is 9.58. The Hall–Kier alpha value is -0.330. The quantitative estimate of drug-likeness (QED) is 0.769. The third-order valence-electron chi connectivity index (χ3n) is 2.61. The highest BCUT2D eigenvalue weighted by atomic mass is 35.5. The predicted octanol–water partition coefficient (Wildman–Crippen LogP) is 3.57. The van der Waals surface area contributed by atoms with Gasteiger partial charge in [0, 0.05) is 22.7 Å². The summed E-state index contributed by atoms with van der Waals surface area (Å²) in [7, 11) is -3.69. The van der Waals surface area contributed by atoms with Crippen molar-refractivity contribution in [3.05, 3.63) is 27.7 Å². The molecule has 0 spiro atoms. The Morgan fingerprint density at radius 1 is 1.19 bits per heavy atom. The summed E-state index contributed by atoms with van der Waals surface area (Å²) in [5.41, 5.74) is 0.0196. The second-order valence-electron chi connectivity index (χ2n) is 5.87. The fourth-order valence-corrected chi connectivity index (χ4v) is 4.13. The molecule has 0 aliphatic carbocycles. The molecule has 0 aliphatic heterocycles. The number of halogens is 2. The second-order valence-corrected chi connectivity index (χ2v) is 8.31. The molecule has 0 radical (unpaired) electrons. The summed E-state index contributed by atoms with van der Waals surface area (Å²) in [6.07, 6.45) is 0.971. The monoisotopic (exact) mass is 352 g/mol. The maximum absolute atomic E-state index is 12.4. The van der Waals surface area contributed by atoms with Gasteiger partial charge in [-0.15, -0.1) is 0 Å². The summed E-state index contributed by atoms with van der Waals surface area (Å²) < 4.78 is 27.4. The highest BCUT2D eigenvalue weighted by Crippen LogP contribution is 2.31. The SMILES string of the molecule is CCCNCc1c(Cl)ccc(S(=O)(=O)NC(C)(C)C)c1Cl. The normalized spacial score (nSPS) is 12.7. The van der Waals surface area contributed by atoms with Crippen molar-refractivity contribution in [2.75, 3.05) is 6.54 Å². The van der Waals surface area contributed by atoms with E-state index in [9.17, 15) is 8.42 Å². The Morgan fingerprint density at radius 3 is 2.33 bits per heavy atom. The van der Waals surface area contributed by atoms with E-state index < -0.39 is 15.6 Å². The average molecular weight is 353 g/mol. The van der Waals surface area contributed by atoms with Crippen LogP contribution in [0.2, 0.25) is 10.0 Å². The molecular formula is C14H22Cl2N2O2S. The summed E-state index contributed by atoms with van der Waals surface area (Å²) in [6.45, 7) is 8.62. The van der Waals surface area contributed by atoms with Crippen molar-refractivity contribution in [2.24, 2.45) is 0 Å². The summed E-state index contributed by atoms with van der Waals surface area (Å²) in [5, 5.41) is 3.80. The fraction of sp³-hybridized carbons (Fsp3) is 0.571. The minimum atomic E-state index is -3.69. The van der Waals surface area contributed by atoms with Gasteiger partial charge in [0.25, 0.3) is 0 Å². The Morgan fingerprint density at radius 2 is 1.81 bits per heavy atom. The van der Waals surface area contributed by atoms with Crippen LogP contribution in [0, 0.1) is 0 Å². The molecule has 120 valence electrons. The lowest BCUT2D eigenvalue weighted by atomic mass is 10.1. The van der Waals surface area contributed by atoms with Crippen LogP contribution in [0.4, 0.5) is 0 Å². The molecule has 0 saturated carbocycles. The van der Waals surface area contributed by atoms with Crippen molar-refractivity contribution in [3.63, 3.8) is 0 Å². The first-order valence-corrected chi connectivity index (χ1v) is 9.04. The van der Waals surface area contributed by atoms with Crippen LogP contribution in [0.3, 0.4) is 0 Å². The van der Waals surface area contributed by atoms with E-state index in [1.54, 1.807) is 26.8 Å². The highest BCUT2D eigenvalue weighted by Gasteiger charge is 2.26. The van der Waals surface area contributed by atoms with Crippen molar-refractivity contribution in [3.8, 4) is 0 Å². The maximum Gasteiger partial charge on any atom is 0.242 e. The molecule has 0 saturated heterocycles. The topological polar surface area (TPSA) is 58.2 Å². The van der Waals surface area contributed by atoms with E-state index in [0.717, 1.165) is 13.0 Å². The zero-order valence-electron chi connectivity index (χ0n) is 12.8. The second kappa shape index (κ2) is 7.29. The molecule has 0 atom stereocenters. The minimum absolute atomic E-state index is 0.0526. The Balaban J connectivity index is 3.18. The van der Waals surface area contributed by atoms with E-state index in [1.165, 1.54) is 6.07 Å². The molecule has 1 aromatic rings. The van der Waals surface area contributed by atoms with Gasteiger partial charge in [-0.1, -0.05) is 30.1 Å². The molecular weight excluding hydrogens is 331 g/mol. The van der Waals surface area contributed by atoms with Crippen LogP contribution in [0.25, 0.3) is 0 Å². The lowest BCUT2D eigenvalue weighted by Crippen LogP contribution is -2.40. The number of nitrogens with one attached hydrogen (secondary N) is 2. The third kappa shape index (κ3) is 5.42. The first-order valence-electron chi connectivity index (χ1n) is 6.80. The van der Waals surface area contributed by atoms with Crippen LogP contribution < -0.4 is 10.0 Å². The average Bonchev–Trinajstić information content (AvgIpc) is 2.29. The van der Waals surface area contributed by atoms with E-state index in [2.05, 4.69) is 10.0 Å². The van der Waals surface area contributed by atoms with Gasteiger partial charge in [-0.25, -0.2) is 13.1 Å². The molecule has 0 fully saturated rings. The summed E-state index contributed by atoms with van der Waals surface area (Å²) in [5.74, 6) is 0. The van der Waals surface area contributed by atoms with E-state index in [-0.39, 0.29) is 9.92 Å². The van der Waals surface area contributed by atoms with Crippen molar-refractivity contribution in [2.45, 2.75) is 51.1 Å². The van der Waals surface area contributed by atoms with Crippen molar-refractivity contribution in [1.82, 2.24) is 10.0 Å². The summed E-state index contributed by atoms with van der Waals surface area (Å²) in [6, 6.07) is 3.00. The Kier molecular flexibility index (Phi) is 6.50. The number of sulfonamides is 1. The van der Waals surface area contributed by atoms with E-state index in [1.807, 2.05) is 6.92 Å². The van der Waals surface area contributed by atoms with Gasteiger partial charge in [0.15, 0.2) is 0 Å². The predicted molar refractivity (Wildman–Crippen MR) is 88.5 cm³/mol. The molecule has 0 bridgehead atoms. The van der Waals surface area contributed by atoms with Crippen molar-refractivity contribution < 1.29 is 8.42 Å². The van der Waals surface area contributed by atoms with Crippen LogP contribution in [0.15, 0.2) is 17.0 Å². The molecule has 0 amide bonds. The van der Waals surface area contributed by atoms with E-state index in [4.69, 9.17) is 23.2 Å². The number of rotatable bonds is 6. The lowest BCUT2D eigenvalue weighted by Gasteiger charge is -2.21. The van der Waals surface area contributed by atoms with Crippen LogP contribution in [0.5, 0.6) is 0 Å². The molecule has 4 nitrogen and oxygen atoms in total. The molecule has 1 aromatic carbocycles. The van der Waals surface area contributed by atoms with Crippen LogP contribution in [0.1, 0.15) is 39.7 Å². The van der Waals surface area contributed by atoms with Gasteiger partial charge in [-0.3, -0.25) is 0 Å². The molecule has 0 unspecified atom stereocenters. The van der Waals surface area contributed by atoms with Crippen LogP contribution in [-0.2, 0) is 16.6 Å². The number of benzene rings is 1. The van der Waals surface area contributed by atoms with Gasteiger partial charge >= 0.3 is 0 Å². The molecule has 0 heterocycles. The molecule has 0 aromatic heterocycles. The first kappa shape index (κ1) is 18.7. The number of hydrogen-bond acceptors (Lipinski definition) is 3. The Bertz CT molecular complexity index is 596. The molecule has 7 heteroatoms. The van der Waals surface area contributed by atoms with E-state index >= 15 is 0 Å². The Labute approximate surface area is 137 Å². The van der Waals surface area contributed by atoms with Gasteiger partial charge < -0.3 is 5.32 Å². The van der Waals surface area contributed by atoms with Crippen molar-refractivity contribution >= 4 is 33.2 Å². The summed E-state index contributed by atoms with van der Waals surface area (Å²) >= 11 is 12.4. The van der Waals surface area contributed by atoms with Crippen LogP contribution in [-0.4, -0.2) is 20.5 Å². The largest absolute Gasteiger partial charge is 0.313 e. The summed E-state index contributed by atoms with van der Waals surface area (Å²) in [4.78, 5) is 0.0526.